The number of hydrogen-bond acceptors (Lipinski definition) is 2. The highest BCUT2D eigenvalue weighted by atomic mass is 32.2. The number of carbonyl (C=O) groups excluding carboxylic acids is 1. The minimum atomic E-state index is -0.878. The van der Waals surface area contributed by atoms with Crippen LogP contribution in [0.5, 0.6) is 0 Å². The van der Waals surface area contributed by atoms with E-state index in [2.05, 4.69) is 0 Å². The molecule has 1 saturated carbocycles. The van der Waals surface area contributed by atoms with E-state index in [1.165, 1.54) is 0 Å². The predicted molar refractivity (Wildman–Crippen MR) is 52.9 cm³/mol. The van der Waals surface area contributed by atoms with E-state index in [0.29, 0.717) is 5.92 Å². The molecule has 0 aromatic heterocycles. The molecular weight excluding hydrogens is 184 g/mol. The van der Waals surface area contributed by atoms with Crippen LogP contribution in [-0.4, -0.2) is 20.5 Å². The van der Waals surface area contributed by atoms with Gasteiger partial charge in [0, 0.05) is 22.0 Å². The van der Waals surface area contributed by atoms with E-state index in [0.717, 1.165) is 18.6 Å². The quantitative estimate of drug-likeness (QED) is 0.643. The molecule has 1 saturated heterocycles. The first kappa shape index (κ1) is 9.38. The summed E-state index contributed by atoms with van der Waals surface area (Å²) in [6.45, 7) is 5.78. The molecule has 1 unspecified atom stereocenters. The summed E-state index contributed by atoms with van der Waals surface area (Å²) in [7, 11) is -0.878. The van der Waals surface area contributed by atoms with Crippen molar-refractivity contribution >= 4 is 16.6 Å². The Morgan fingerprint density at radius 1 is 1.46 bits per heavy atom. The van der Waals surface area contributed by atoms with Gasteiger partial charge in [-0.1, -0.05) is 20.8 Å². The molecule has 2 nitrogen and oxygen atoms in total. The Labute approximate surface area is 81.5 Å². The maximum absolute atomic E-state index is 12.0. The Kier molecular flexibility index (Phi) is 1.76. The number of fused-ring (bicyclic) bond motifs is 1. The second kappa shape index (κ2) is 2.44. The zero-order valence-corrected chi connectivity index (χ0v) is 9.24. The van der Waals surface area contributed by atoms with E-state index in [9.17, 15) is 9.00 Å². The third-order valence-corrected chi connectivity index (χ3v) is 5.28. The van der Waals surface area contributed by atoms with Crippen LogP contribution in [0.1, 0.15) is 33.6 Å². The fraction of sp³-hybridized carbons (Fsp3) is 0.900. The number of Topliss-reactive ketones (excluding diaryl/α,β-unsaturated/α-hetero) is 1. The molecule has 0 spiro atoms. The molecule has 0 bridgehead atoms. The van der Waals surface area contributed by atoms with Crippen LogP contribution in [-0.2, 0) is 15.6 Å². The first-order chi connectivity index (χ1) is 5.89. The average molecular weight is 200 g/mol. The fourth-order valence-corrected chi connectivity index (χ4v) is 4.62. The Hall–Kier alpha value is -0.180. The van der Waals surface area contributed by atoms with Crippen molar-refractivity contribution in [3.63, 3.8) is 0 Å². The standard InChI is InChI=1S/C10H16O2S/c1-9(2,3)8(11)10-6-7(10)4-5-13(10)12/h7H,4-6H2,1-3H3/t7-,10+,13?/m0/s1. The van der Waals surface area contributed by atoms with E-state index in [1.54, 1.807) is 0 Å². The summed E-state index contributed by atoms with van der Waals surface area (Å²) < 4.78 is 11.3. The van der Waals surface area contributed by atoms with Gasteiger partial charge in [-0.05, 0) is 18.8 Å². The average Bonchev–Trinajstić information content (AvgIpc) is 2.66. The van der Waals surface area contributed by atoms with Gasteiger partial charge in [-0.25, -0.2) is 0 Å². The van der Waals surface area contributed by atoms with Gasteiger partial charge >= 0.3 is 0 Å². The summed E-state index contributed by atoms with van der Waals surface area (Å²) in [5.41, 5.74) is -0.325. The molecule has 0 amide bonds. The molecule has 2 fully saturated rings. The summed E-state index contributed by atoms with van der Waals surface area (Å²) >= 11 is 0. The van der Waals surface area contributed by atoms with E-state index >= 15 is 0 Å². The number of hydrogen-bond donors (Lipinski definition) is 0. The molecule has 0 aromatic carbocycles. The topological polar surface area (TPSA) is 34.1 Å². The summed E-state index contributed by atoms with van der Waals surface area (Å²) in [6.07, 6.45) is 1.88. The normalized spacial score (nSPS) is 43.0. The second-order valence-corrected chi connectivity index (χ2v) is 7.04. The number of rotatable bonds is 1. The van der Waals surface area contributed by atoms with E-state index in [-0.39, 0.29) is 11.2 Å². The van der Waals surface area contributed by atoms with Crippen LogP contribution in [0.4, 0.5) is 0 Å². The predicted octanol–water partition coefficient (Wildman–Crippen LogP) is 1.51. The molecule has 0 aromatic rings. The second-order valence-electron chi connectivity index (χ2n) is 5.21. The highest BCUT2D eigenvalue weighted by Gasteiger charge is 2.68. The van der Waals surface area contributed by atoms with Crippen LogP contribution in [0.2, 0.25) is 0 Å². The zero-order valence-electron chi connectivity index (χ0n) is 8.42. The largest absolute Gasteiger partial charge is 0.297 e. The van der Waals surface area contributed by atoms with Gasteiger partial charge in [-0.3, -0.25) is 9.00 Å². The van der Waals surface area contributed by atoms with Gasteiger partial charge in [-0.15, -0.1) is 0 Å². The van der Waals surface area contributed by atoms with Crippen molar-refractivity contribution in [3.05, 3.63) is 0 Å². The van der Waals surface area contributed by atoms with Crippen LogP contribution in [0.25, 0.3) is 0 Å². The smallest absolute Gasteiger partial charge is 0.157 e. The van der Waals surface area contributed by atoms with Crippen molar-refractivity contribution in [2.75, 3.05) is 5.75 Å². The van der Waals surface area contributed by atoms with Crippen molar-refractivity contribution in [2.45, 2.75) is 38.4 Å². The van der Waals surface area contributed by atoms with Gasteiger partial charge in [0.05, 0.1) is 0 Å². The molecule has 3 atom stereocenters. The van der Waals surface area contributed by atoms with Gasteiger partial charge in [0.25, 0.3) is 0 Å². The van der Waals surface area contributed by atoms with Crippen LogP contribution in [0, 0.1) is 11.3 Å². The number of ketones is 1. The van der Waals surface area contributed by atoms with Crippen molar-refractivity contribution < 1.29 is 9.00 Å². The summed E-state index contributed by atoms with van der Waals surface area (Å²) in [5, 5.41) is 0. The Bertz CT molecular complexity index is 290. The van der Waals surface area contributed by atoms with Crippen LogP contribution >= 0.6 is 0 Å². The fourth-order valence-electron chi connectivity index (χ4n) is 2.37. The molecular formula is C10H16O2S. The lowest BCUT2D eigenvalue weighted by Crippen LogP contribution is -2.37. The van der Waals surface area contributed by atoms with Gasteiger partial charge in [0.1, 0.15) is 4.75 Å². The van der Waals surface area contributed by atoms with E-state index in [4.69, 9.17) is 0 Å². The first-order valence-corrected chi connectivity index (χ1v) is 6.14. The Morgan fingerprint density at radius 3 is 2.38 bits per heavy atom. The number of carbonyl (C=O) groups is 1. The molecule has 74 valence electrons. The molecule has 1 aliphatic carbocycles. The monoisotopic (exact) mass is 200 g/mol. The van der Waals surface area contributed by atoms with Crippen molar-refractivity contribution in [2.24, 2.45) is 11.3 Å². The SMILES string of the molecule is CC(C)(C)C(=O)[C@@]12C[C@@H]1CCS2=O. The van der Waals surface area contributed by atoms with Crippen LogP contribution < -0.4 is 0 Å². The third kappa shape index (κ3) is 1.13. The molecule has 0 radical (unpaired) electrons. The first-order valence-electron chi connectivity index (χ1n) is 4.82. The minimum absolute atomic E-state index is 0.223. The molecule has 13 heavy (non-hydrogen) atoms. The Morgan fingerprint density at radius 2 is 2.08 bits per heavy atom. The lowest BCUT2D eigenvalue weighted by molar-refractivity contribution is -0.126. The van der Waals surface area contributed by atoms with E-state index in [1.807, 2.05) is 20.8 Å². The summed E-state index contributed by atoms with van der Waals surface area (Å²) in [4.78, 5) is 12.0. The lowest BCUT2D eigenvalue weighted by Gasteiger charge is -2.22. The van der Waals surface area contributed by atoms with Crippen LogP contribution in [0.3, 0.4) is 0 Å². The Balaban J connectivity index is 2.28. The molecule has 2 aliphatic rings. The molecule has 0 N–H and O–H groups in total. The molecule has 3 heteroatoms. The summed E-state index contributed by atoms with van der Waals surface area (Å²) in [6, 6.07) is 0. The van der Waals surface area contributed by atoms with Crippen molar-refractivity contribution in [3.8, 4) is 0 Å². The van der Waals surface area contributed by atoms with E-state index < -0.39 is 15.5 Å². The van der Waals surface area contributed by atoms with Gasteiger partial charge < -0.3 is 0 Å². The third-order valence-electron chi connectivity index (χ3n) is 3.17. The van der Waals surface area contributed by atoms with Crippen molar-refractivity contribution in [1.82, 2.24) is 0 Å². The van der Waals surface area contributed by atoms with Gasteiger partial charge in [0.15, 0.2) is 5.78 Å². The molecule has 1 aliphatic heterocycles. The summed E-state index contributed by atoms with van der Waals surface area (Å²) in [5.74, 6) is 1.41. The minimum Gasteiger partial charge on any atom is -0.297 e. The molecule has 2 rings (SSSR count). The van der Waals surface area contributed by atoms with Gasteiger partial charge in [-0.2, -0.15) is 0 Å². The molecule has 1 heterocycles. The van der Waals surface area contributed by atoms with Gasteiger partial charge in [0.2, 0.25) is 0 Å². The van der Waals surface area contributed by atoms with Crippen LogP contribution in [0.15, 0.2) is 0 Å². The van der Waals surface area contributed by atoms with Crippen molar-refractivity contribution in [1.29, 1.82) is 0 Å². The maximum Gasteiger partial charge on any atom is 0.157 e. The highest BCUT2D eigenvalue weighted by Crippen LogP contribution is 2.58. The highest BCUT2D eigenvalue weighted by molar-refractivity contribution is 7.88. The maximum atomic E-state index is 12.0. The lowest BCUT2D eigenvalue weighted by atomic mass is 9.87. The zero-order chi connectivity index (χ0) is 9.85.